The van der Waals surface area contributed by atoms with Gasteiger partial charge in [-0.2, -0.15) is 0 Å². The number of carbonyl (C=O) groups is 2. The first-order valence-electron chi connectivity index (χ1n) is 49.8. The number of urea groups is 1. The molecule has 23 heteroatoms. The van der Waals surface area contributed by atoms with Crippen molar-refractivity contribution in [1.82, 2.24) is 61.6 Å². The Morgan fingerprint density at radius 2 is 0.636 bits per heavy atom. The van der Waals surface area contributed by atoms with E-state index in [-0.39, 0.29) is 29.5 Å². The molecule has 129 heavy (non-hydrogen) atoms. The molecule has 2 saturated carbocycles. The van der Waals surface area contributed by atoms with E-state index in [1.54, 1.807) is 29.4 Å². The van der Waals surface area contributed by atoms with E-state index in [0.717, 1.165) is 165 Å². The lowest BCUT2D eigenvalue weighted by molar-refractivity contribution is -0.119. The van der Waals surface area contributed by atoms with Gasteiger partial charge in [0.25, 0.3) is 0 Å². The number of rotatable bonds is 28. The van der Waals surface area contributed by atoms with Crippen LogP contribution in [-0.2, 0) is 72.4 Å². The third kappa shape index (κ3) is 33.8. The molecule has 0 radical (unpaired) electrons. The van der Waals surface area contributed by atoms with E-state index in [1.165, 1.54) is 149 Å². The summed E-state index contributed by atoms with van der Waals surface area (Å²) in [5, 5.41) is 29.0. The van der Waals surface area contributed by atoms with Gasteiger partial charge in [-0.1, -0.05) is 199 Å². The molecule has 6 aromatic rings. The second-order valence-corrected chi connectivity index (χ2v) is 45.8. The van der Waals surface area contributed by atoms with E-state index < -0.39 is 30.1 Å². The maximum Gasteiger partial charge on any atom is 0.314 e. The van der Waals surface area contributed by atoms with Gasteiger partial charge in [-0.05, 0) is 378 Å². The van der Waals surface area contributed by atoms with Crippen LogP contribution in [0.2, 0.25) is 0 Å². The molecule has 9 fully saturated rings. The molecule has 2 aliphatic carbocycles. The smallest absolute Gasteiger partial charge is 0.314 e. The van der Waals surface area contributed by atoms with Crippen molar-refractivity contribution in [3.8, 4) is 0 Å². The molecule has 0 atom stereocenters. The summed E-state index contributed by atoms with van der Waals surface area (Å²) in [5.74, 6) is 7.78. The Morgan fingerprint density at radius 1 is 0.357 bits per heavy atom. The first-order chi connectivity index (χ1) is 61.7. The first-order valence-corrected chi connectivity index (χ1v) is 55.0. The zero-order valence-corrected chi connectivity index (χ0v) is 83.9. The van der Waals surface area contributed by atoms with Crippen LogP contribution in [0.25, 0.3) is 0 Å². The lowest BCUT2D eigenvalue weighted by Crippen LogP contribution is -2.40. The minimum absolute atomic E-state index is 0.0382. The molecule has 15 rings (SSSR count). The summed E-state index contributed by atoms with van der Waals surface area (Å²) in [6.07, 6.45) is 24.5. The van der Waals surface area contributed by atoms with Gasteiger partial charge in [0.15, 0.2) is 0 Å². The fraction of sp³-hybridized carbons (Fsp3) is 0.642. The standard InChI is InChI=1S/2C19H30N2O2S.C18H27N.C17H27N3O.C17H26N2O.C16H26N2O2S/c1-15(2)17-5-6-19(16-7-9-20-10-8-16)18(13-17)14-24(22,23)21-11-3-4-12-21;1-14(2)16-6-7-19(15-8-10-20-11-9-15)17(12-16)13-24(22,23)21-18-4-3-5-18;1-13(2)16-5-6-18(15-7-9-19-10-8-15)17(12-16)11-14-3-4-14;1-12(2)14-4-5-16(13-6-8-19-9-7-13)15(10-14)11-20-17(21)18-3;1-12(2)15-4-5-17(14-6-8-18-9-7-14)16(10-15)11-19-13(3)20;1-12(2)14-4-5-16(13-6-8-17-9-7-13)15(10-14)11-18-21(3,19)20/h5-6,13,15-16,20H,3-4,7-12,14H2,1-2H3;6-7,12,14-15,18,20-21H,3-5,8-11,13H2,1-2H3;5-6,12-15,19H,3-4,7-11H2,1-2H3;4-5,10,12-13,19H,6-9,11H2,1-3H3,(H2,18,20,21);4-5,10,12,14,18H,6-9,11H2,1-3H3,(H,19,20);4-5,10,12-13,17-18H,6-9,11H2,1-3H3. The van der Waals surface area contributed by atoms with E-state index in [4.69, 9.17) is 0 Å². The fourth-order valence-electron chi connectivity index (χ4n) is 19.6. The van der Waals surface area contributed by atoms with E-state index in [2.05, 4.69) is 250 Å². The van der Waals surface area contributed by atoms with Crippen LogP contribution in [0.5, 0.6) is 0 Å². The van der Waals surface area contributed by atoms with Crippen molar-refractivity contribution < 1.29 is 34.8 Å². The predicted octanol–water partition coefficient (Wildman–Crippen LogP) is 18.6. The van der Waals surface area contributed by atoms with E-state index in [9.17, 15) is 34.8 Å². The number of amides is 3. The summed E-state index contributed by atoms with van der Waals surface area (Å²) in [6.45, 7) is 43.9. The number of sulfonamides is 3. The van der Waals surface area contributed by atoms with E-state index >= 15 is 0 Å². The zero-order chi connectivity index (χ0) is 92.8. The average Bonchev–Trinajstić information content (AvgIpc) is 1.77. The number of nitrogens with one attached hydrogen (secondary N) is 11. The molecule has 0 unspecified atom stereocenters. The van der Waals surface area contributed by atoms with Gasteiger partial charge in [0, 0.05) is 52.7 Å². The van der Waals surface area contributed by atoms with Crippen molar-refractivity contribution in [3.63, 3.8) is 0 Å². The van der Waals surface area contributed by atoms with Crippen molar-refractivity contribution >= 4 is 42.0 Å². The Labute approximate surface area is 780 Å². The number of hydrogen-bond donors (Lipinski definition) is 11. The molecule has 0 aromatic heterocycles. The van der Waals surface area contributed by atoms with Crippen LogP contribution in [0.3, 0.4) is 0 Å². The maximum absolute atomic E-state index is 12.8. The molecule has 7 saturated heterocycles. The third-order valence-corrected chi connectivity index (χ3v) is 32.1. The lowest BCUT2D eigenvalue weighted by atomic mass is 9.84. The normalized spacial score (nSPS) is 18.7. The number of benzene rings is 6. The Bertz CT molecular complexity index is 4810. The van der Waals surface area contributed by atoms with Gasteiger partial charge in [0.2, 0.25) is 36.0 Å². The lowest BCUT2D eigenvalue weighted by Gasteiger charge is -2.28. The highest BCUT2D eigenvalue weighted by molar-refractivity contribution is 7.89. The van der Waals surface area contributed by atoms with Crippen LogP contribution < -0.4 is 57.3 Å². The van der Waals surface area contributed by atoms with Crippen LogP contribution in [0.4, 0.5) is 4.79 Å². The molecule has 9 aliphatic rings. The highest BCUT2D eigenvalue weighted by Crippen LogP contribution is 2.41. The van der Waals surface area contributed by atoms with Crippen LogP contribution >= 0.6 is 0 Å². The summed E-state index contributed by atoms with van der Waals surface area (Å²) >= 11 is 0. The molecular formula is C106H166N12O8S3. The van der Waals surface area contributed by atoms with Crippen LogP contribution in [0, 0.1) is 5.92 Å². The average molecular weight is 1830 g/mol. The number of nitrogens with zero attached hydrogens (tertiary/aromatic N) is 1. The second-order valence-electron chi connectivity index (χ2n) is 40.3. The first kappa shape index (κ1) is 105. The molecule has 7 aliphatic heterocycles. The Balaban J connectivity index is 0.000000161. The third-order valence-electron chi connectivity index (χ3n) is 28.2. The van der Waals surface area contributed by atoms with Gasteiger partial charge in [0.05, 0.1) is 17.8 Å². The molecular weight excluding hydrogens is 1670 g/mol. The zero-order valence-electron chi connectivity index (χ0n) is 81.5. The number of hydrogen-bond acceptors (Lipinski definition) is 14. The largest absolute Gasteiger partial charge is 0.352 e. The van der Waals surface area contributed by atoms with E-state index in [1.807, 2.05) is 0 Å². The fourth-order valence-corrected chi connectivity index (χ4v) is 23.1. The predicted molar refractivity (Wildman–Crippen MR) is 536 cm³/mol. The highest BCUT2D eigenvalue weighted by atomic mass is 32.2. The monoisotopic (exact) mass is 1830 g/mol. The molecule has 716 valence electrons. The van der Waals surface area contributed by atoms with Crippen molar-refractivity contribution in [2.45, 2.75) is 327 Å². The Hall–Kier alpha value is -6.45. The molecule has 20 nitrogen and oxygen atoms in total. The Morgan fingerprint density at radius 3 is 0.915 bits per heavy atom. The highest BCUT2D eigenvalue weighted by Gasteiger charge is 2.32. The van der Waals surface area contributed by atoms with Crippen LogP contribution in [0.15, 0.2) is 109 Å². The molecule has 0 bridgehead atoms. The molecule has 3 amide bonds. The van der Waals surface area contributed by atoms with Crippen molar-refractivity contribution in [3.05, 3.63) is 209 Å². The van der Waals surface area contributed by atoms with Gasteiger partial charge in [0.1, 0.15) is 0 Å². The summed E-state index contributed by atoms with van der Waals surface area (Å²) in [4.78, 5) is 22.7. The molecule has 7 heterocycles. The summed E-state index contributed by atoms with van der Waals surface area (Å²) in [5.41, 5.74) is 23.6. The topological polar surface area (TPSA) is 272 Å². The molecule has 0 spiro atoms. The van der Waals surface area contributed by atoms with Gasteiger partial charge in [-0.15, -0.1) is 0 Å². The summed E-state index contributed by atoms with van der Waals surface area (Å²) < 4.78 is 80.8. The maximum atomic E-state index is 12.8. The van der Waals surface area contributed by atoms with Gasteiger partial charge in [-0.3, -0.25) is 4.79 Å². The van der Waals surface area contributed by atoms with Crippen molar-refractivity contribution in [2.75, 3.05) is 105 Å². The van der Waals surface area contributed by atoms with Crippen LogP contribution in [-0.4, -0.2) is 152 Å². The van der Waals surface area contributed by atoms with Crippen LogP contribution in [0.1, 0.15) is 383 Å². The second kappa shape index (κ2) is 51.9. The SMILES string of the molecule is CC(=O)NCc1cc(C(C)C)ccc1C1CCNCC1.CC(C)c1ccc(C2CCNCC2)c(CC2CC2)c1.CC(C)c1ccc(C2CCNCC2)c(CNS(C)(=O)=O)c1.CC(C)c1ccc(C2CCNCC2)c(CS(=O)(=O)N2CCCC2)c1.CC(C)c1ccc(C2CCNCC2)c(CS(=O)(=O)NC2CCC2)c1.CNC(=O)NCc1cc(C(C)C)ccc1C1CCNCC1. The Kier molecular flexibility index (Phi) is 42.1. The molecule has 11 N–H and O–H groups in total. The summed E-state index contributed by atoms with van der Waals surface area (Å²) in [6, 6.07) is 40.5. The molecule has 6 aromatic carbocycles. The summed E-state index contributed by atoms with van der Waals surface area (Å²) in [7, 11) is -7.98. The quantitative estimate of drug-likeness (QED) is 0.0218. The van der Waals surface area contributed by atoms with Gasteiger partial charge >= 0.3 is 6.03 Å². The number of piperidine rings is 6. The van der Waals surface area contributed by atoms with E-state index in [0.29, 0.717) is 97.8 Å². The number of carbonyl (C=O) groups excluding carboxylic acids is 2. The van der Waals surface area contributed by atoms with Crippen molar-refractivity contribution in [1.29, 1.82) is 0 Å². The van der Waals surface area contributed by atoms with Gasteiger partial charge < -0.3 is 47.9 Å². The van der Waals surface area contributed by atoms with Gasteiger partial charge in [-0.25, -0.2) is 43.8 Å². The van der Waals surface area contributed by atoms with Crippen molar-refractivity contribution in [2.24, 2.45) is 5.92 Å². The minimum Gasteiger partial charge on any atom is -0.352 e. The minimum atomic E-state index is -3.26.